The van der Waals surface area contributed by atoms with E-state index in [-0.39, 0.29) is 17.1 Å². The van der Waals surface area contributed by atoms with Crippen LogP contribution in [0.4, 0.5) is 0 Å². The zero-order valence-corrected chi connectivity index (χ0v) is 12.6. The van der Waals surface area contributed by atoms with E-state index in [1.54, 1.807) is 0 Å². The Balaban J connectivity index is 1.74. The molecule has 1 aromatic carbocycles. The van der Waals surface area contributed by atoms with E-state index in [0.717, 1.165) is 11.3 Å². The summed E-state index contributed by atoms with van der Waals surface area (Å²) in [7, 11) is 0. The second-order valence-electron chi connectivity index (χ2n) is 4.58. The first-order valence-corrected chi connectivity index (χ1v) is 7.22. The molecule has 112 valence electrons. The molecule has 1 aromatic heterocycles. The highest BCUT2D eigenvalue weighted by Crippen LogP contribution is 2.12. The molecule has 0 saturated heterocycles. The molecular weight excluding hydrogens is 292 g/mol. The Bertz CT molecular complexity index is 636. The van der Waals surface area contributed by atoms with E-state index < -0.39 is 0 Å². The molecule has 0 saturated carbocycles. The van der Waals surface area contributed by atoms with Crippen LogP contribution >= 0.6 is 11.6 Å². The molecule has 0 amide bonds. The van der Waals surface area contributed by atoms with Crippen molar-refractivity contribution in [1.29, 1.82) is 0 Å². The lowest BCUT2D eigenvalue weighted by atomic mass is 10.2. The first kappa shape index (κ1) is 15.4. The first-order valence-electron chi connectivity index (χ1n) is 6.69. The lowest BCUT2D eigenvalue weighted by molar-refractivity contribution is 0.241. The number of halogens is 1. The van der Waals surface area contributed by atoms with Crippen LogP contribution in [0, 0.1) is 6.92 Å². The van der Waals surface area contributed by atoms with Crippen LogP contribution in [0.15, 0.2) is 45.8 Å². The highest BCUT2D eigenvalue weighted by Gasteiger charge is 2.04. The molecule has 21 heavy (non-hydrogen) atoms. The zero-order chi connectivity index (χ0) is 15.1. The van der Waals surface area contributed by atoms with Gasteiger partial charge in [0.15, 0.2) is 0 Å². The van der Waals surface area contributed by atoms with Crippen molar-refractivity contribution in [2.75, 3.05) is 13.2 Å². The van der Waals surface area contributed by atoms with Gasteiger partial charge in [-0.3, -0.25) is 4.79 Å². The van der Waals surface area contributed by atoms with Gasteiger partial charge in [0.2, 0.25) is 11.2 Å². The molecule has 0 aliphatic carbocycles. The van der Waals surface area contributed by atoms with E-state index >= 15 is 0 Å². The molecule has 5 heteroatoms. The zero-order valence-electron chi connectivity index (χ0n) is 11.8. The van der Waals surface area contributed by atoms with E-state index in [2.05, 4.69) is 0 Å². The number of ether oxygens (including phenoxy) is 2. The molecule has 2 rings (SSSR count). The van der Waals surface area contributed by atoms with Crippen LogP contribution in [0.25, 0.3) is 0 Å². The van der Waals surface area contributed by atoms with E-state index in [1.165, 1.54) is 12.3 Å². The molecule has 0 atom stereocenters. The first-order chi connectivity index (χ1) is 10.2. The van der Waals surface area contributed by atoms with Crippen LogP contribution in [0.1, 0.15) is 17.7 Å². The summed E-state index contributed by atoms with van der Waals surface area (Å²) in [6, 6.07) is 9.18. The molecule has 0 aliphatic heterocycles. The van der Waals surface area contributed by atoms with Gasteiger partial charge in [0.1, 0.15) is 17.8 Å². The summed E-state index contributed by atoms with van der Waals surface area (Å²) in [6.45, 7) is 2.92. The van der Waals surface area contributed by atoms with Crippen LogP contribution in [0.2, 0.25) is 0 Å². The largest absolute Gasteiger partial charge is 0.493 e. The summed E-state index contributed by atoms with van der Waals surface area (Å²) < 4.78 is 16.1. The fourth-order valence-electron chi connectivity index (χ4n) is 1.75. The fraction of sp³-hybridized carbons (Fsp3) is 0.312. The van der Waals surface area contributed by atoms with Crippen LogP contribution < -0.4 is 14.9 Å². The second-order valence-corrected chi connectivity index (χ2v) is 4.84. The number of benzene rings is 1. The molecule has 0 unspecified atom stereocenters. The molecular formula is C16H17ClO4. The minimum absolute atomic E-state index is 0.167. The van der Waals surface area contributed by atoms with Crippen molar-refractivity contribution in [2.45, 2.75) is 19.2 Å². The number of hydrogen-bond acceptors (Lipinski definition) is 4. The summed E-state index contributed by atoms with van der Waals surface area (Å²) in [5.41, 5.74) is 0.928. The lowest BCUT2D eigenvalue weighted by Crippen LogP contribution is -2.11. The van der Waals surface area contributed by atoms with Gasteiger partial charge in [-0.05, 0) is 24.6 Å². The van der Waals surface area contributed by atoms with Crippen LogP contribution in [0.5, 0.6) is 11.5 Å². The molecule has 0 bridgehead atoms. The van der Waals surface area contributed by atoms with Gasteiger partial charge in [-0.25, -0.2) is 0 Å². The van der Waals surface area contributed by atoms with Crippen molar-refractivity contribution in [2.24, 2.45) is 0 Å². The Hall–Kier alpha value is -1.94. The maximum Gasteiger partial charge on any atom is 0.227 e. The number of alkyl halides is 1. The van der Waals surface area contributed by atoms with Gasteiger partial charge in [0.05, 0.1) is 19.1 Å². The van der Waals surface area contributed by atoms with Crippen molar-refractivity contribution < 1.29 is 13.9 Å². The Morgan fingerprint density at radius 2 is 2.00 bits per heavy atom. The van der Waals surface area contributed by atoms with Gasteiger partial charge in [-0.1, -0.05) is 12.1 Å². The van der Waals surface area contributed by atoms with Crippen molar-refractivity contribution in [3.63, 3.8) is 0 Å². The average molecular weight is 309 g/mol. The Morgan fingerprint density at radius 1 is 1.19 bits per heavy atom. The molecule has 0 N–H and O–H groups in total. The molecule has 0 spiro atoms. The predicted octanol–water partition coefficient (Wildman–Crippen LogP) is 3.53. The lowest BCUT2D eigenvalue weighted by Gasteiger charge is -2.08. The average Bonchev–Trinajstić information content (AvgIpc) is 2.48. The summed E-state index contributed by atoms with van der Waals surface area (Å²) in [4.78, 5) is 11.6. The summed E-state index contributed by atoms with van der Waals surface area (Å²) >= 11 is 5.58. The van der Waals surface area contributed by atoms with Gasteiger partial charge < -0.3 is 13.9 Å². The van der Waals surface area contributed by atoms with Gasteiger partial charge in [-0.2, -0.15) is 0 Å². The van der Waals surface area contributed by atoms with E-state index in [9.17, 15) is 4.79 Å². The topological polar surface area (TPSA) is 48.7 Å². The third-order valence-electron chi connectivity index (χ3n) is 2.79. The van der Waals surface area contributed by atoms with Crippen molar-refractivity contribution in [1.82, 2.24) is 0 Å². The number of rotatable bonds is 7. The second kappa shape index (κ2) is 7.74. The quantitative estimate of drug-likeness (QED) is 0.580. The minimum Gasteiger partial charge on any atom is -0.493 e. The summed E-state index contributed by atoms with van der Waals surface area (Å²) in [5, 5.41) is 0. The van der Waals surface area contributed by atoms with E-state index in [0.29, 0.717) is 25.4 Å². The van der Waals surface area contributed by atoms with Gasteiger partial charge in [0, 0.05) is 12.5 Å². The molecule has 0 fully saturated rings. The molecule has 0 aliphatic rings. The summed E-state index contributed by atoms with van der Waals surface area (Å²) in [5.74, 6) is 1.62. The molecule has 1 heterocycles. The van der Waals surface area contributed by atoms with Crippen LogP contribution in [-0.2, 0) is 5.88 Å². The van der Waals surface area contributed by atoms with Gasteiger partial charge >= 0.3 is 0 Å². The SMILES string of the molecule is Cc1cccc(OCCCOc2coc(CCl)cc2=O)c1. The van der Waals surface area contributed by atoms with Gasteiger partial charge in [-0.15, -0.1) is 11.6 Å². The van der Waals surface area contributed by atoms with Crippen molar-refractivity contribution in [3.05, 3.63) is 58.1 Å². The van der Waals surface area contributed by atoms with Crippen LogP contribution in [0.3, 0.4) is 0 Å². The van der Waals surface area contributed by atoms with E-state index in [1.807, 2.05) is 31.2 Å². The third-order valence-corrected chi connectivity index (χ3v) is 3.05. The van der Waals surface area contributed by atoms with Crippen molar-refractivity contribution in [3.8, 4) is 11.5 Å². The standard InChI is InChI=1S/C16H17ClO4/c1-12-4-2-5-13(8-12)19-6-3-7-20-16-11-21-14(10-17)9-15(16)18/h2,4-5,8-9,11H,3,6-7,10H2,1H3. The predicted molar refractivity (Wildman–Crippen MR) is 81.3 cm³/mol. The minimum atomic E-state index is -0.225. The molecule has 0 radical (unpaired) electrons. The summed E-state index contributed by atoms with van der Waals surface area (Å²) in [6.07, 6.45) is 1.96. The molecule has 2 aromatic rings. The highest BCUT2D eigenvalue weighted by atomic mass is 35.5. The Labute approximate surface area is 128 Å². The third kappa shape index (κ3) is 4.83. The smallest absolute Gasteiger partial charge is 0.227 e. The number of hydrogen-bond donors (Lipinski definition) is 0. The monoisotopic (exact) mass is 308 g/mol. The fourth-order valence-corrected chi connectivity index (χ4v) is 1.89. The maximum atomic E-state index is 11.6. The van der Waals surface area contributed by atoms with Crippen molar-refractivity contribution >= 4 is 11.6 Å². The van der Waals surface area contributed by atoms with Crippen LogP contribution in [-0.4, -0.2) is 13.2 Å². The highest BCUT2D eigenvalue weighted by molar-refractivity contribution is 6.16. The number of aryl methyl sites for hydroxylation is 1. The molecule has 4 nitrogen and oxygen atoms in total. The van der Waals surface area contributed by atoms with E-state index in [4.69, 9.17) is 25.5 Å². The Kier molecular flexibility index (Phi) is 5.69. The maximum absolute atomic E-state index is 11.6. The van der Waals surface area contributed by atoms with Gasteiger partial charge in [0.25, 0.3) is 0 Å². The normalized spacial score (nSPS) is 10.4. The Morgan fingerprint density at radius 3 is 2.71 bits per heavy atom.